The van der Waals surface area contributed by atoms with E-state index in [0.29, 0.717) is 24.0 Å². The van der Waals surface area contributed by atoms with E-state index in [-0.39, 0.29) is 5.56 Å². The quantitative estimate of drug-likeness (QED) is 0.530. The molecule has 0 heterocycles. The molecule has 2 aromatic carbocycles. The van der Waals surface area contributed by atoms with Crippen molar-refractivity contribution in [3.8, 4) is 0 Å². The van der Waals surface area contributed by atoms with E-state index >= 15 is 0 Å². The van der Waals surface area contributed by atoms with Crippen LogP contribution in [0.4, 0.5) is 17.6 Å². The molecule has 0 aliphatic heterocycles. The minimum Gasteiger partial charge on any atom is -0.772 e. The molecule has 26 heavy (non-hydrogen) atoms. The number of halogens is 4. The van der Waals surface area contributed by atoms with Crippen molar-refractivity contribution in [1.29, 1.82) is 0 Å². The summed E-state index contributed by atoms with van der Waals surface area (Å²) < 4.78 is 74.5. The fraction of sp³-hybridized carbons (Fsp3) is 0.263. The first-order valence-corrected chi connectivity index (χ1v) is 9.24. The highest BCUT2D eigenvalue weighted by Crippen LogP contribution is 2.41. The molecule has 0 saturated carbocycles. The molecule has 0 fully saturated rings. The monoisotopic (exact) mass is 383 g/mol. The van der Waals surface area contributed by atoms with Gasteiger partial charge in [0, 0.05) is 5.75 Å². The fourth-order valence-electron chi connectivity index (χ4n) is 3.24. The largest absolute Gasteiger partial charge is 0.772 e. The van der Waals surface area contributed by atoms with Crippen molar-refractivity contribution in [2.24, 2.45) is 0 Å². The van der Waals surface area contributed by atoms with Gasteiger partial charge in [-0.1, -0.05) is 35.3 Å². The minimum absolute atomic E-state index is 0.0706. The Labute approximate surface area is 150 Å². The van der Waals surface area contributed by atoms with Gasteiger partial charge in [0.25, 0.3) is 0 Å². The molecule has 0 saturated heterocycles. The molecule has 0 spiro atoms. The maximum absolute atomic E-state index is 14.2. The molecule has 0 amide bonds. The first kappa shape index (κ1) is 18.8. The van der Waals surface area contributed by atoms with E-state index in [1.54, 1.807) is 12.1 Å². The summed E-state index contributed by atoms with van der Waals surface area (Å²) in [5, 5.41) is 0. The van der Waals surface area contributed by atoms with Gasteiger partial charge in [0.1, 0.15) is 5.82 Å². The Morgan fingerprint density at radius 2 is 1.65 bits per heavy atom. The SMILES string of the molecule is O=S([O-])Cc1ccc(C2=C(c3cccc(C(F)(F)F)c3)CCC2)cc1F. The van der Waals surface area contributed by atoms with Crippen molar-refractivity contribution in [1.82, 2.24) is 0 Å². The summed E-state index contributed by atoms with van der Waals surface area (Å²) in [5.74, 6) is -1.04. The summed E-state index contributed by atoms with van der Waals surface area (Å²) in [6.07, 6.45) is -2.39. The van der Waals surface area contributed by atoms with Crippen LogP contribution in [0, 0.1) is 5.82 Å². The number of allylic oxidation sites excluding steroid dienone is 2. The molecule has 138 valence electrons. The second-order valence-electron chi connectivity index (χ2n) is 6.14. The van der Waals surface area contributed by atoms with Crippen molar-refractivity contribution in [2.75, 3.05) is 0 Å². The molecule has 1 aliphatic carbocycles. The Morgan fingerprint density at radius 3 is 2.23 bits per heavy atom. The maximum atomic E-state index is 14.2. The average molecular weight is 383 g/mol. The van der Waals surface area contributed by atoms with Crippen LogP contribution < -0.4 is 0 Å². The normalized spacial score (nSPS) is 16.2. The molecule has 0 N–H and O–H groups in total. The van der Waals surface area contributed by atoms with E-state index < -0.39 is 34.4 Å². The third kappa shape index (κ3) is 4.04. The van der Waals surface area contributed by atoms with Gasteiger partial charge < -0.3 is 4.55 Å². The van der Waals surface area contributed by atoms with E-state index in [9.17, 15) is 26.3 Å². The van der Waals surface area contributed by atoms with Crippen molar-refractivity contribution >= 4 is 22.2 Å². The summed E-state index contributed by atoms with van der Waals surface area (Å²) in [7, 11) is 0. The van der Waals surface area contributed by atoms with Crippen LogP contribution in [-0.4, -0.2) is 8.76 Å². The van der Waals surface area contributed by atoms with Crippen molar-refractivity contribution in [3.63, 3.8) is 0 Å². The molecular formula is C19H15F4O2S-. The highest BCUT2D eigenvalue weighted by atomic mass is 32.2. The first-order valence-electron chi connectivity index (χ1n) is 8.00. The average Bonchev–Trinajstić information content (AvgIpc) is 3.05. The Bertz CT molecular complexity index is 887. The van der Waals surface area contributed by atoms with Gasteiger partial charge in [0.05, 0.1) is 5.56 Å². The zero-order valence-electron chi connectivity index (χ0n) is 13.6. The minimum atomic E-state index is -4.42. The highest BCUT2D eigenvalue weighted by molar-refractivity contribution is 7.78. The smallest absolute Gasteiger partial charge is 0.416 e. The maximum Gasteiger partial charge on any atom is 0.416 e. The summed E-state index contributed by atoms with van der Waals surface area (Å²) in [6.45, 7) is 0. The van der Waals surface area contributed by atoms with Gasteiger partial charge in [-0.3, -0.25) is 4.21 Å². The summed E-state index contributed by atoms with van der Waals surface area (Å²) in [4.78, 5) is 0. The number of hydrogen-bond donors (Lipinski definition) is 0. The van der Waals surface area contributed by atoms with Crippen molar-refractivity contribution in [3.05, 3.63) is 70.5 Å². The van der Waals surface area contributed by atoms with Crippen LogP contribution in [0.5, 0.6) is 0 Å². The van der Waals surface area contributed by atoms with Gasteiger partial charge >= 0.3 is 6.18 Å². The molecule has 3 rings (SSSR count). The number of hydrogen-bond acceptors (Lipinski definition) is 2. The fourth-order valence-corrected chi connectivity index (χ4v) is 3.73. The summed E-state index contributed by atoms with van der Waals surface area (Å²) in [5.41, 5.74) is 1.99. The van der Waals surface area contributed by atoms with E-state index in [0.717, 1.165) is 29.7 Å². The van der Waals surface area contributed by atoms with E-state index in [2.05, 4.69) is 0 Å². The topological polar surface area (TPSA) is 40.1 Å². The number of benzene rings is 2. The van der Waals surface area contributed by atoms with Gasteiger partial charge in [-0.25, -0.2) is 4.39 Å². The van der Waals surface area contributed by atoms with Gasteiger partial charge in [-0.15, -0.1) is 0 Å². The molecule has 0 bridgehead atoms. The van der Waals surface area contributed by atoms with Crippen LogP contribution in [0.3, 0.4) is 0 Å². The molecule has 0 aromatic heterocycles. The zero-order valence-corrected chi connectivity index (χ0v) is 14.4. The van der Waals surface area contributed by atoms with Gasteiger partial charge in [0.15, 0.2) is 0 Å². The predicted molar refractivity (Wildman–Crippen MR) is 91.1 cm³/mol. The molecule has 1 unspecified atom stereocenters. The second kappa shape index (κ2) is 7.32. The van der Waals surface area contributed by atoms with Gasteiger partial charge in [-0.05, 0) is 65.3 Å². The standard InChI is InChI=1S/C19H16F4O2S/c20-18-10-13(7-8-14(18)11-26(24)25)17-6-2-5-16(17)12-3-1-4-15(9-12)19(21,22)23/h1,3-4,7-10H,2,5-6,11H2,(H,24,25)/p-1. The molecule has 1 aliphatic rings. The van der Waals surface area contributed by atoms with Crippen LogP contribution in [0.1, 0.15) is 41.5 Å². The number of alkyl halides is 3. The van der Waals surface area contributed by atoms with Crippen LogP contribution in [-0.2, 0) is 23.0 Å². The Hall–Kier alpha value is -1.99. The molecule has 0 radical (unpaired) electrons. The van der Waals surface area contributed by atoms with Crippen LogP contribution in [0.2, 0.25) is 0 Å². The lowest BCUT2D eigenvalue weighted by molar-refractivity contribution is -0.137. The zero-order chi connectivity index (χ0) is 18.9. The van der Waals surface area contributed by atoms with Gasteiger partial charge in [-0.2, -0.15) is 13.2 Å². The van der Waals surface area contributed by atoms with Crippen LogP contribution in [0.25, 0.3) is 11.1 Å². The van der Waals surface area contributed by atoms with Gasteiger partial charge in [0.2, 0.25) is 0 Å². The molecular weight excluding hydrogens is 368 g/mol. The van der Waals surface area contributed by atoms with E-state index in [4.69, 9.17) is 0 Å². The third-order valence-electron chi connectivity index (χ3n) is 4.43. The number of rotatable bonds is 4. The molecule has 7 heteroatoms. The Balaban J connectivity index is 2.01. The third-order valence-corrected chi connectivity index (χ3v) is 4.98. The molecule has 2 nitrogen and oxygen atoms in total. The molecule has 1 atom stereocenters. The second-order valence-corrected chi connectivity index (χ2v) is 7.04. The lowest BCUT2D eigenvalue weighted by Gasteiger charge is -2.13. The first-order chi connectivity index (χ1) is 12.3. The molecule has 2 aromatic rings. The van der Waals surface area contributed by atoms with Crippen LogP contribution >= 0.6 is 0 Å². The van der Waals surface area contributed by atoms with E-state index in [1.165, 1.54) is 18.2 Å². The van der Waals surface area contributed by atoms with E-state index in [1.807, 2.05) is 0 Å². The van der Waals surface area contributed by atoms with Crippen LogP contribution in [0.15, 0.2) is 42.5 Å². The van der Waals surface area contributed by atoms with Crippen molar-refractivity contribution < 1.29 is 26.3 Å². The van der Waals surface area contributed by atoms with Crippen molar-refractivity contribution in [2.45, 2.75) is 31.2 Å². The summed E-state index contributed by atoms with van der Waals surface area (Å²) in [6, 6.07) is 9.43. The Morgan fingerprint density at radius 1 is 1.00 bits per heavy atom. The highest BCUT2D eigenvalue weighted by Gasteiger charge is 2.31. The Kier molecular flexibility index (Phi) is 5.29. The summed E-state index contributed by atoms with van der Waals surface area (Å²) >= 11 is -2.39. The lowest BCUT2D eigenvalue weighted by atomic mass is 9.95. The predicted octanol–water partition coefficient (Wildman–Crippen LogP) is 5.32. The lowest BCUT2D eigenvalue weighted by Crippen LogP contribution is -2.05.